The molecule has 1 fully saturated rings. The maximum atomic E-state index is 12.0. The van der Waals surface area contributed by atoms with Crippen LogP contribution in [0.2, 0.25) is 19.6 Å². The van der Waals surface area contributed by atoms with Crippen LogP contribution in [-0.4, -0.2) is 20.2 Å². The lowest BCUT2D eigenvalue weighted by atomic mass is 9.90. The second-order valence-electron chi connectivity index (χ2n) is 6.10. The van der Waals surface area contributed by atoms with Crippen LogP contribution in [0.15, 0.2) is 35.9 Å². The van der Waals surface area contributed by atoms with Crippen molar-refractivity contribution in [2.45, 2.75) is 45.0 Å². The first-order chi connectivity index (χ1) is 8.94. The number of rotatable bonds is 3. The third-order valence-electron chi connectivity index (χ3n) is 3.16. The Balaban J connectivity index is 2.11. The zero-order chi connectivity index (χ0) is 13.9. The lowest BCUT2D eigenvalue weighted by Gasteiger charge is -2.30. The van der Waals surface area contributed by atoms with E-state index in [2.05, 4.69) is 19.6 Å². The predicted octanol–water partition coefficient (Wildman–Crippen LogP) is 4.04. The summed E-state index contributed by atoms with van der Waals surface area (Å²) in [6, 6.07) is 10.0. The van der Waals surface area contributed by atoms with Crippen LogP contribution in [0.1, 0.15) is 24.8 Å². The molecule has 1 aromatic carbocycles. The van der Waals surface area contributed by atoms with E-state index in [0.29, 0.717) is 6.42 Å². The molecule has 1 unspecified atom stereocenters. The Morgan fingerprint density at radius 1 is 1.21 bits per heavy atom. The van der Waals surface area contributed by atoms with Crippen LogP contribution in [0.3, 0.4) is 0 Å². The lowest BCUT2D eigenvalue weighted by Crippen LogP contribution is -2.35. The largest absolute Gasteiger partial charge is 0.414 e. The van der Waals surface area contributed by atoms with Crippen molar-refractivity contribution in [1.82, 2.24) is 0 Å². The molecular formula is C16H22O2Si. The normalized spacial score (nSPS) is 22.8. The Bertz CT molecular complexity index is 471. The average molecular weight is 274 g/mol. The molecule has 102 valence electrons. The number of ketones is 1. The fourth-order valence-electron chi connectivity index (χ4n) is 2.40. The molecule has 3 heteroatoms. The Morgan fingerprint density at radius 2 is 1.89 bits per heavy atom. The molecule has 0 amide bonds. The molecule has 1 aliphatic rings. The van der Waals surface area contributed by atoms with Crippen molar-refractivity contribution in [3.8, 4) is 0 Å². The van der Waals surface area contributed by atoms with Crippen molar-refractivity contribution in [3.05, 3.63) is 41.5 Å². The third kappa shape index (κ3) is 4.44. The minimum absolute atomic E-state index is 0.222. The van der Waals surface area contributed by atoms with E-state index in [9.17, 15) is 4.79 Å². The molecule has 1 aliphatic carbocycles. The van der Waals surface area contributed by atoms with Crippen LogP contribution in [0.25, 0.3) is 6.08 Å². The van der Waals surface area contributed by atoms with Gasteiger partial charge in [-0.2, -0.15) is 0 Å². The minimum Gasteiger partial charge on any atom is -0.414 e. The zero-order valence-corrected chi connectivity index (χ0v) is 13.0. The maximum absolute atomic E-state index is 12.0. The van der Waals surface area contributed by atoms with Gasteiger partial charge in [-0.1, -0.05) is 30.3 Å². The molecule has 0 aliphatic heterocycles. The standard InChI is InChI=1S/C16H22O2Si/c1-19(2,3)18-15-9-10-16(17)14(12-15)11-13-7-5-4-6-8-13/h4-8,11,15H,9-10,12H2,1-3H3. The molecule has 0 radical (unpaired) electrons. The number of hydrogen-bond acceptors (Lipinski definition) is 2. The number of carbonyl (C=O) groups excluding carboxylic acids is 1. The Morgan fingerprint density at radius 3 is 2.53 bits per heavy atom. The summed E-state index contributed by atoms with van der Waals surface area (Å²) in [6.07, 6.45) is 4.49. The summed E-state index contributed by atoms with van der Waals surface area (Å²) in [7, 11) is -1.53. The van der Waals surface area contributed by atoms with E-state index in [4.69, 9.17) is 4.43 Å². The Labute approximate surface area is 116 Å². The molecule has 1 saturated carbocycles. The summed E-state index contributed by atoms with van der Waals surface area (Å²) in [6.45, 7) is 6.60. The molecule has 1 atom stereocenters. The number of benzene rings is 1. The Hall–Kier alpha value is -1.19. The highest BCUT2D eigenvalue weighted by molar-refractivity contribution is 6.69. The van der Waals surface area contributed by atoms with E-state index < -0.39 is 8.32 Å². The summed E-state index contributed by atoms with van der Waals surface area (Å²) >= 11 is 0. The molecule has 2 rings (SSSR count). The van der Waals surface area contributed by atoms with Gasteiger partial charge < -0.3 is 4.43 Å². The first kappa shape index (κ1) is 14.2. The molecule has 1 aromatic rings. The van der Waals surface area contributed by atoms with E-state index >= 15 is 0 Å². The van der Waals surface area contributed by atoms with E-state index in [1.807, 2.05) is 36.4 Å². The molecule has 0 N–H and O–H groups in total. The molecular weight excluding hydrogens is 252 g/mol. The highest BCUT2D eigenvalue weighted by Gasteiger charge is 2.28. The van der Waals surface area contributed by atoms with Gasteiger partial charge in [0.2, 0.25) is 0 Å². The SMILES string of the molecule is C[Si](C)(C)OC1CCC(=O)C(=Cc2ccccc2)C1. The molecule has 0 aromatic heterocycles. The Kier molecular flexibility index (Phi) is 4.37. The van der Waals surface area contributed by atoms with Crippen LogP contribution < -0.4 is 0 Å². The van der Waals surface area contributed by atoms with Gasteiger partial charge in [0.1, 0.15) is 0 Å². The van der Waals surface area contributed by atoms with Gasteiger partial charge in [0.05, 0.1) is 0 Å². The van der Waals surface area contributed by atoms with Crippen molar-refractivity contribution < 1.29 is 9.22 Å². The first-order valence-electron chi connectivity index (χ1n) is 6.91. The molecule has 0 heterocycles. The van der Waals surface area contributed by atoms with Crippen molar-refractivity contribution in [3.63, 3.8) is 0 Å². The van der Waals surface area contributed by atoms with E-state index in [1.165, 1.54) is 0 Å². The summed E-state index contributed by atoms with van der Waals surface area (Å²) in [5.74, 6) is 0.277. The molecule has 19 heavy (non-hydrogen) atoms. The molecule has 0 spiro atoms. The molecule has 0 bridgehead atoms. The van der Waals surface area contributed by atoms with Crippen molar-refractivity contribution in [2.75, 3.05) is 0 Å². The molecule has 0 saturated heterocycles. The summed E-state index contributed by atoms with van der Waals surface area (Å²) in [4.78, 5) is 12.0. The first-order valence-corrected chi connectivity index (χ1v) is 10.3. The average Bonchev–Trinajstić information content (AvgIpc) is 2.33. The highest BCUT2D eigenvalue weighted by Crippen LogP contribution is 2.27. The van der Waals surface area contributed by atoms with Crippen molar-refractivity contribution >= 4 is 20.2 Å². The van der Waals surface area contributed by atoms with Gasteiger partial charge >= 0.3 is 0 Å². The van der Waals surface area contributed by atoms with Crippen LogP contribution >= 0.6 is 0 Å². The highest BCUT2D eigenvalue weighted by atomic mass is 28.4. The lowest BCUT2D eigenvalue weighted by molar-refractivity contribution is -0.117. The van der Waals surface area contributed by atoms with Gasteiger partial charge in [-0.25, -0.2) is 0 Å². The fourth-order valence-corrected chi connectivity index (χ4v) is 3.61. The second-order valence-corrected chi connectivity index (χ2v) is 10.6. The third-order valence-corrected chi connectivity index (χ3v) is 4.20. The number of Topliss-reactive ketones (excluding diaryl/α,β-unsaturated/α-hetero) is 1. The van der Waals surface area contributed by atoms with E-state index in [0.717, 1.165) is 24.0 Å². The van der Waals surface area contributed by atoms with Crippen molar-refractivity contribution in [2.24, 2.45) is 0 Å². The van der Waals surface area contributed by atoms with Gasteiger partial charge in [0.25, 0.3) is 0 Å². The predicted molar refractivity (Wildman–Crippen MR) is 81.5 cm³/mol. The summed E-state index contributed by atoms with van der Waals surface area (Å²) in [5.41, 5.74) is 2.01. The maximum Gasteiger partial charge on any atom is 0.184 e. The summed E-state index contributed by atoms with van der Waals surface area (Å²) in [5, 5.41) is 0. The van der Waals surface area contributed by atoms with Crippen LogP contribution in [-0.2, 0) is 9.22 Å². The monoisotopic (exact) mass is 274 g/mol. The van der Waals surface area contributed by atoms with E-state index in [-0.39, 0.29) is 11.9 Å². The quantitative estimate of drug-likeness (QED) is 0.614. The smallest absolute Gasteiger partial charge is 0.184 e. The van der Waals surface area contributed by atoms with Crippen LogP contribution in [0.4, 0.5) is 0 Å². The minimum atomic E-state index is -1.53. The van der Waals surface area contributed by atoms with Gasteiger partial charge in [-0.3, -0.25) is 4.79 Å². The second kappa shape index (κ2) is 5.84. The van der Waals surface area contributed by atoms with Crippen LogP contribution in [0.5, 0.6) is 0 Å². The summed E-state index contributed by atoms with van der Waals surface area (Å²) < 4.78 is 6.14. The topological polar surface area (TPSA) is 26.3 Å². The van der Waals surface area contributed by atoms with Gasteiger partial charge in [0.15, 0.2) is 14.1 Å². The van der Waals surface area contributed by atoms with Gasteiger partial charge in [0, 0.05) is 18.9 Å². The molecule has 2 nitrogen and oxygen atoms in total. The van der Waals surface area contributed by atoms with E-state index in [1.54, 1.807) is 0 Å². The van der Waals surface area contributed by atoms with Crippen LogP contribution in [0, 0.1) is 0 Å². The van der Waals surface area contributed by atoms with Crippen molar-refractivity contribution in [1.29, 1.82) is 0 Å². The fraction of sp³-hybridized carbons (Fsp3) is 0.438. The zero-order valence-electron chi connectivity index (χ0n) is 12.0. The number of carbonyl (C=O) groups is 1. The number of hydrogen-bond donors (Lipinski definition) is 0. The van der Waals surface area contributed by atoms with Gasteiger partial charge in [-0.05, 0) is 43.3 Å². The van der Waals surface area contributed by atoms with Gasteiger partial charge in [-0.15, -0.1) is 0 Å².